The molecule has 0 radical (unpaired) electrons. The van der Waals surface area contributed by atoms with Gasteiger partial charge in [0.05, 0.1) is 11.0 Å². The second-order valence-corrected chi connectivity index (χ2v) is 19.2. The van der Waals surface area contributed by atoms with Crippen molar-refractivity contribution in [3.05, 3.63) is 223 Å². The Bertz CT molecular complexity index is 4470. The Morgan fingerprint density at radius 1 is 0.328 bits per heavy atom. The van der Waals surface area contributed by atoms with Gasteiger partial charge in [0, 0.05) is 32.6 Å². The summed E-state index contributed by atoms with van der Waals surface area (Å²) < 4.78 is 8.97. The van der Waals surface area contributed by atoms with Crippen molar-refractivity contribution in [2.75, 3.05) is 0 Å². The molecule has 1 aliphatic carbocycles. The van der Waals surface area contributed by atoms with Crippen molar-refractivity contribution in [3.63, 3.8) is 0 Å². The van der Waals surface area contributed by atoms with Gasteiger partial charge in [-0.05, 0) is 171 Å². The van der Waals surface area contributed by atoms with Gasteiger partial charge in [0.2, 0.25) is 0 Å². The van der Waals surface area contributed by atoms with E-state index >= 15 is 0 Å². The van der Waals surface area contributed by atoms with Crippen molar-refractivity contribution in [1.29, 1.82) is 0 Å². The largest absolute Gasteiger partial charge is 0.456 e. The van der Waals surface area contributed by atoms with Gasteiger partial charge in [0.25, 0.3) is 0 Å². The molecule has 14 aromatic rings. The van der Waals surface area contributed by atoms with E-state index in [-0.39, 0.29) is 5.41 Å². The standard InChI is InChI=1S/C65H41NO/c1-65(2)58-27-22-38-12-8-9-17-46(38)64(58)50-26-21-44(34-59(50)65)43-24-29-63-57(33-43)56-32-42(23-28-62(56)67-63)41-20-25-49-51(30-41)47-18-10-11-19-48(47)53-37-61-55(36-52(49)53)54-31-39-13-6-7-14-40(39)35-60(54)66(61)45-15-4-3-5-16-45/h3-37H,1-2H3. The molecule has 0 fully saturated rings. The summed E-state index contributed by atoms with van der Waals surface area (Å²) in [6.45, 7) is 4.74. The van der Waals surface area contributed by atoms with Crippen molar-refractivity contribution < 1.29 is 4.42 Å². The van der Waals surface area contributed by atoms with Crippen LogP contribution in [0.1, 0.15) is 25.0 Å². The lowest BCUT2D eigenvalue weighted by Gasteiger charge is -2.22. The quantitative estimate of drug-likeness (QED) is 0.162. The molecule has 15 rings (SSSR count). The summed E-state index contributed by atoms with van der Waals surface area (Å²) in [6, 6.07) is 79.0. The molecule has 67 heavy (non-hydrogen) atoms. The van der Waals surface area contributed by atoms with Crippen LogP contribution in [0.3, 0.4) is 0 Å². The molecule has 0 atom stereocenters. The van der Waals surface area contributed by atoms with Gasteiger partial charge in [0.1, 0.15) is 11.2 Å². The predicted molar refractivity (Wildman–Crippen MR) is 284 cm³/mol. The lowest BCUT2D eigenvalue weighted by molar-refractivity contribution is 0.661. The molecule has 0 aliphatic heterocycles. The second kappa shape index (κ2) is 13.3. The lowest BCUT2D eigenvalue weighted by atomic mass is 9.81. The van der Waals surface area contributed by atoms with Gasteiger partial charge >= 0.3 is 0 Å². The van der Waals surface area contributed by atoms with Crippen LogP contribution in [-0.4, -0.2) is 4.57 Å². The van der Waals surface area contributed by atoms with E-state index in [1.54, 1.807) is 0 Å². The second-order valence-electron chi connectivity index (χ2n) is 19.2. The third-order valence-corrected chi connectivity index (χ3v) is 15.3. The van der Waals surface area contributed by atoms with Crippen LogP contribution in [0.4, 0.5) is 0 Å². The number of nitrogens with zero attached hydrogens (tertiary/aromatic N) is 1. The molecule has 0 saturated carbocycles. The van der Waals surface area contributed by atoms with Gasteiger partial charge < -0.3 is 8.98 Å². The van der Waals surface area contributed by atoms with Crippen LogP contribution < -0.4 is 0 Å². The Morgan fingerprint density at radius 2 is 0.851 bits per heavy atom. The summed E-state index contributed by atoms with van der Waals surface area (Å²) in [6.07, 6.45) is 0. The van der Waals surface area contributed by atoms with E-state index in [9.17, 15) is 0 Å². The first kappa shape index (κ1) is 36.8. The van der Waals surface area contributed by atoms with E-state index in [1.165, 1.54) is 120 Å². The first-order chi connectivity index (χ1) is 32.9. The van der Waals surface area contributed by atoms with Gasteiger partial charge in [-0.3, -0.25) is 0 Å². The zero-order valence-corrected chi connectivity index (χ0v) is 37.1. The number of benzene rings is 12. The summed E-state index contributed by atoms with van der Waals surface area (Å²) in [5.41, 5.74) is 15.6. The highest BCUT2D eigenvalue weighted by atomic mass is 16.3. The van der Waals surface area contributed by atoms with E-state index in [4.69, 9.17) is 4.42 Å². The van der Waals surface area contributed by atoms with Gasteiger partial charge in [-0.2, -0.15) is 0 Å². The zero-order chi connectivity index (χ0) is 44.1. The van der Waals surface area contributed by atoms with Crippen LogP contribution in [0.2, 0.25) is 0 Å². The van der Waals surface area contributed by atoms with E-state index < -0.39 is 0 Å². The Balaban J connectivity index is 0.885. The fourth-order valence-electron chi connectivity index (χ4n) is 12.0. The minimum absolute atomic E-state index is 0.103. The van der Waals surface area contributed by atoms with E-state index in [2.05, 4.69) is 231 Å². The number of para-hydroxylation sites is 1. The smallest absolute Gasteiger partial charge is 0.135 e. The number of rotatable bonds is 3. The number of fused-ring (bicyclic) bond motifs is 18. The molecule has 0 unspecified atom stereocenters. The van der Waals surface area contributed by atoms with Gasteiger partial charge in [-0.1, -0.05) is 153 Å². The third-order valence-electron chi connectivity index (χ3n) is 15.3. The zero-order valence-electron chi connectivity index (χ0n) is 37.1. The molecule has 0 saturated heterocycles. The van der Waals surface area contributed by atoms with Crippen molar-refractivity contribution >= 4 is 97.6 Å². The monoisotopic (exact) mass is 851 g/mol. The Labute approximate surface area is 386 Å². The van der Waals surface area contributed by atoms with Crippen LogP contribution in [-0.2, 0) is 5.41 Å². The molecule has 2 heteroatoms. The van der Waals surface area contributed by atoms with Crippen LogP contribution in [0.25, 0.3) is 137 Å². The van der Waals surface area contributed by atoms with E-state index in [0.29, 0.717) is 0 Å². The highest BCUT2D eigenvalue weighted by Gasteiger charge is 2.36. The minimum atomic E-state index is -0.103. The average molecular weight is 852 g/mol. The number of hydrogen-bond donors (Lipinski definition) is 0. The summed E-state index contributed by atoms with van der Waals surface area (Å²) in [5, 5.41) is 17.5. The molecule has 0 spiro atoms. The van der Waals surface area contributed by atoms with Gasteiger partial charge in [0.15, 0.2) is 0 Å². The maximum absolute atomic E-state index is 6.52. The Kier molecular flexibility index (Phi) is 7.32. The molecule has 1 aliphatic rings. The summed E-state index contributed by atoms with van der Waals surface area (Å²) in [4.78, 5) is 0. The Hall–Kier alpha value is -8.46. The molecule has 0 N–H and O–H groups in total. The molecule has 2 nitrogen and oxygen atoms in total. The maximum atomic E-state index is 6.52. The fraction of sp³-hybridized carbons (Fsp3) is 0.0462. The SMILES string of the molecule is CC1(C)c2cc(-c3ccc4oc5ccc(-c6ccc7c(c6)c6ccccc6c6cc8c(cc76)c6cc7ccccc7cc6n8-c6ccccc6)cc5c4c3)ccc2-c2c1ccc1ccccc21. The summed E-state index contributed by atoms with van der Waals surface area (Å²) in [5.74, 6) is 0. The van der Waals surface area contributed by atoms with E-state index in [1.807, 2.05) is 0 Å². The number of furan rings is 1. The molecule has 0 bridgehead atoms. The van der Waals surface area contributed by atoms with E-state index in [0.717, 1.165) is 27.6 Å². The minimum Gasteiger partial charge on any atom is -0.456 e. The molecule has 0 amide bonds. The first-order valence-electron chi connectivity index (χ1n) is 23.4. The molecular formula is C65H41NO. The number of aromatic nitrogens is 1. The maximum Gasteiger partial charge on any atom is 0.135 e. The fourth-order valence-corrected chi connectivity index (χ4v) is 12.0. The molecular weight excluding hydrogens is 811 g/mol. The topological polar surface area (TPSA) is 18.1 Å². The third kappa shape index (κ3) is 5.16. The average Bonchev–Trinajstić information content (AvgIpc) is 3.98. The summed E-state index contributed by atoms with van der Waals surface area (Å²) in [7, 11) is 0. The number of hydrogen-bond acceptors (Lipinski definition) is 1. The highest BCUT2D eigenvalue weighted by molar-refractivity contribution is 6.29. The normalized spacial score (nSPS) is 13.3. The van der Waals surface area contributed by atoms with Gasteiger partial charge in [-0.25, -0.2) is 0 Å². The Morgan fingerprint density at radius 3 is 1.58 bits per heavy atom. The van der Waals surface area contributed by atoms with Crippen LogP contribution >= 0.6 is 0 Å². The molecule has 12 aromatic carbocycles. The summed E-state index contributed by atoms with van der Waals surface area (Å²) >= 11 is 0. The van der Waals surface area contributed by atoms with Gasteiger partial charge in [-0.15, -0.1) is 0 Å². The van der Waals surface area contributed by atoms with Crippen LogP contribution in [0.15, 0.2) is 217 Å². The molecule has 2 heterocycles. The van der Waals surface area contributed by atoms with Crippen LogP contribution in [0, 0.1) is 0 Å². The molecule has 2 aromatic heterocycles. The lowest BCUT2D eigenvalue weighted by Crippen LogP contribution is -2.15. The first-order valence-corrected chi connectivity index (χ1v) is 23.4. The van der Waals surface area contributed by atoms with Crippen molar-refractivity contribution in [2.24, 2.45) is 0 Å². The van der Waals surface area contributed by atoms with Crippen molar-refractivity contribution in [2.45, 2.75) is 19.3 Å². The highest BCUT2D eigenvalue weighted by Crippen LogP contribution is 2.52. The molecule has 312 valence electrons. The van der Waals surface area contributed by atoms with Crippen LogP contribution in [0.5, 0.6) is 0 Å². The predicted octanol–water partition coefficient (Wildman–Crippen LogP) is 18.1. The van der Waals surface area contributed by atoms with Crippen molar-refractivity contribution in [1.82, 2.24) is 4.57 Å². The van der Waals surface area contributed by atoms with Crippen molar-refractivity contribution in [3.8, 4) is 39.1 Å².